The lowest BCUT2D eigenvalue weighted by Gasteiger charge is -2.30. The normalized spacial score (nSPS) is 13.2. The van der Waals surface area contributed by atoms with Crippen LogP contribution in [-0.4, -0.2) is 41.0 Å². The third-order valence-corrected chi connectivity index (χ3v) is 3.63. The number of hydrogen-bond donors (Lipinski definition) is 3. The first-order chi connectivity index (χ1) is 12.1. The van der Waals surface area contributed by atoms with Gasteiger partial charge in [0.1, 0.15) is 6.29 Å². The molecule has 0 radical (unpaired) electrons. The van der Waals surface area contributed by atoms with Gasteiger partial charge in [0.15, 0.2) is 0 Å². The van der Waals surface area contributed by atoms with E-state index in [9.17, 15) is 23.1 Å². The Bertz CT molecular complexity index is 736. The molecule has 5 nitrogen and oxygen atoms in total. The zero-order chi connectivity index (χ0) is 19.8. The molecule has 1 atom stereocenters. The Morgan fingerprint density at radius 2 is 1.81 bits per heavy atom. The smallest absolute Gasteiger partial charge is 0.367 e. The third-order valence-electron chi connectivity index (χ3n) is 3.63. The first kappa shape index (κ1) is 21.5. The molecule has 0 saturated carbocycles. The number of nitrogens with one attached hydrogen (secondary N) is 2. The first-order valence-electron chi connectivity index (χ1n) is 7.61. The minimum absolute atomic E-state index is 0.262. The number of aryl methyl sites for hydroxylation is 1. The molecule has 1 aromatic heterocycles. The van der Waals surface area contributed by atoms with Crippen LogP contribution in [0.1, 0.15) is 27.9 Å². The van der Waals surface area contributed by atoms with Crippen molar-refractivity contribution in [1.29, 1.82) is 5.41 Å². The zero-order valence-electron chi connectivity index (χ0n) is 14.3. The van der Waals surface area contributed by atoms with Crippen LogP contribution in [0, 0.1) is 12.3 Å². The van der Waals surface area contributed by atoms with Crippen LogP contribution in [0.5, 0.6) is 0 Å². The van der Waals surface area contributed by atoms with Crippen LogP contribution >= 0.6 is 0 Å². The van der Waals surface area contributed by atoms with Crippen LogP contribution < -0.4 is 5.32 Å². The molecule has 2 aromatic rings. The monoisotopic (exact) mass is 367 g/mol. The maximum Gasteiger partial charge on any atom is 0.431 e. The van der Waals surface area contributed by atoms with E-state index >= 15 is 0 Å². The summed E-state index contributed by atoms with van der Waals surface area (Å²) in [5, 5.41) is 19.0. The summed E-state index contributed by atoms with van der Waals surface area (Å²) < 4.78 is 38.0. The van der Waals surface area contributed by atoms with E-state index in [1.54, 1.807) is 55.7 Å². The Kier molecular flexibility index (Phi) is 7.60. The third kappa shape index (κ3) is 5.75. The van der Waals surface area contributed by atoms with Gasteiger partial charge in [-0.2, -0.15) is 13.2 Å². The zero-order valence-corrected chi connectivity index (χ0v) is 14.3. The van der Waals surface area contributed by atoms with Crippen molar-refractivity contribution in [2.24, 2.45) is 0 Å². The molecule has 3 N–H and O–H groups in total. The fourth-order valence-corrected chi connectivity index (χ4v) is 2.03. The highest BCUT2D eigenvalue weighted by Crippen LogP contribution is 2.31. The summed E-state index contributed by atoms with van der Waals surface area (Å²) in [6.45, 7) is 1.70. The van der Waals surface area contributed by atoms with Crippen molar-refractivity contribution in [3.63, 3.8) is 0 Å². The number of halogens is 3. The number of nitrogens with zero attached hydrogens (tertiary/aromatic N) is 1. The largest absolute Gasteiger partial charge is 0.431 e. The fraction of sp³-hybridized carbons (Fsp3) is 0.278. The van der Waals surface area contributed by atoms with Crippen molar-refractivity contribution in [2.75, 3.05) is 7.05 Å². The molecule has 0 amide bonds. The lowest BCUT2D eigenvalue weighted by atomic mass is 9.96. The molecular weight excluding hydrogens is 347 g/mol. The SMILES string of the molecule is CNC(O)(CC(=N)c1ccccc1C)C(F)(F)F.O=Cc1ccncc1. The summed E-state index contributed by atoms with van der Waals surface area (Å²) in [5.41, 5.74) is -1.58. The van der Waals surface area contributed by atoms with Crippen molar-refractivity contribution in [1.82, 2.24) is 10.3 Å². The molecule has 26 heavy (non-hydrogen) atoms. The lowest BCUT2D eigenvalue weighted by molar-refractivity contribution is -0.267. The van der Waals surface area contributed by atoms with E-state index in [1.165, 1.54) is 0 Å². The molecule has 1 heterocycles. The molecule has 0 fully saturated rings. The van der Waals surface area contributed by atoms with Crippen molar-refractivity contribution in [3.8, 4) is 0 Å². The second-order valence-corrected chi connectivity index (χ2v) is 5.48. The number of carbonyl (C=O) groups is 1. The fourth-order valence-electron chi connectivity index (χ4n) is 2.03. The number of aliphatic hydroxyl groups is 1. The number of alkyl halides is 3. The van der Waals surface area contributed by atoms with Gasteiger partial charge >= 0.3 is 6.18 Å². The molecule has 0 spiro atoms. The average molecular weight is 367 g/mol. The molecular formula is C18H20F3N3O2. The summed E-state index contributed by atoms with van der Waals surface area (Å²) in [6.07, 6.45) is -1.70. The Labute approximate surface area is 149 Å². The van der Waals surface area contributed by atoms with E-state index < -0.39 is 18.3 Å². The van der Waals surface area contributed by atoms with Gasteiger partial charge in [0.05, 0.1) is 0 Å². The minimum Gasteiger partial charge on any atom is -0.367 e. The van der Waals surface area contributed by atoms with Crippen molar-refractivity contribution in [3.05, 3.63) is 65.5 Å². The quantitative estimate of drug-likeness (QED) is 0.431. The lowest BCUT2D eigenvalue weighted by Crippen LogP contribution is -2.56. The molecule has 0 aliphatic carbocycles. The highest BCUT2D eigenvalue weighted by molar-refractivity contribution is 6.00. The van der Waals surface area contributed by atoms with Gasteiger partial charge < -0.3 is 10.5 Å². The molecule has 0 bridgehead atoms. The average Bonchev–Trinajstić information content (AvgIpc) is 2.62. The number of pyridine rings is 1. The molecule has 8 heteroatoms. The Morgan fingerprint density at radius 1 is 1.23 bits per heavy atom. The van der Waals surface area contributed by atoms with Gasteiger partial charge in [-0.15, -0.1) is 0 Å². The van der Waals surface area contributed by atoms with Gasteiger partial charge in [0.2, 0.25) is 5.72 Å². The number of rotatable bonds is 5. The van der Waals surface area contributed by atoms with E-state index in [-0.39, 0.29) is 5.71 Å². The van der Waals surface area contributed by atoms with Crippen LogP contribution in [0.3, 0.4) is 0 Å². The number of carbonyl (C=O) groups excluding carboxylic acids is 1. The van der Waals surface area contributed by atoms with Crippen molar-refractivity contribution < 1.29 is 23.1 Å². The number of hydrogen-bond acceptors (Lipinski definition) is 5. The minimum atomic E-state index is -4.84. The Hall–Kier alpha value is -2.58. The molecule has 1 unspecified atom stereocenters. The van der Waals surface area contributed by atoms with E-state index in [2.05, 4.69) is 4.98 Å². The van der Waals surface area contributed by atoms with Gasteiger partial charge in [-0.1, -0.05) is 24.3 Å². The van der Waals surface area contributed by atoms with Crippen LogP contribution in [0.2, 0.25) is 0 Å². The summed E-state index contributed by atoms with van der Waals surface area (Å²) >= 11 is 0. The van der Waals surface area contributed by atoms with Crippen molar-refractivity contribution in [2.45, 2.75) is 25.2 Å². The van der Waals surface area contributed by atoms with Crippen LogP contribution in [0.15, 0.2) is 48.8 Å². The Morgan fingerprint density at radius 3 is 2.23 bits per heavy atom. The van der Waals surface area contributed by atoms with Gasteiger partial charge in [0, 0.05) is 30.1 Å². The molecule has 0 aliphatic heterocycles. The molecule has 0 saturated heterocycles. The standard InChI is InChI=1S/C12H15F3N2O.C6H5NO/c1-8-5-3-4-6-9(8)10(16)7-11(18,17-2)12(13,14)15;8-5-6-1-3-7-4-2-6/h3-6,16-18H,7H2,1-2H3;1-5H. The maximum absolute atomic E-state index is 12.7. The summed E-state index contributed by atoms with van der Waals surface area (Å²) in [5.74, 6) is 0. The number of aldehydes is 1. The molecule has 1 aromatic carbocycles. The summed E-state index contributed by atoms with van der Waals surface area (Å²) in [7, 11) is 1.01. The predicted octanol–water partition coefficient (Wildman–Crippen LogP) is 3.12. The van der Waals surface area contributed by atoms with E-state index in [4.69, 9.17) is 5.41 Å². The van der Waals surface area contributed by atoms with Gasteiger partial charge in [-0.05, 0) is 37.2 Å². The van der Waals surface area contributed by atoms with E-state index in [0.717, 1.165) is 13.3 Å². The van der Waals surface area contributed by atoms with Crippen LogP contribution in [-0.2, 0) is 0 Å². The second kappa shape index (κ2) is 9.21. The van der Waals surface area contributed by atoms with Gasteiger partial charge in [0.25, 0.3) is 0 Å². The summed E-state index contributed by atoms with van der Waals surface area (Å²) in [4.78, 5) is 13.7. The van der Waals surface area contributed by atoms with Gasteiger partial charge in [-0.3, -0.25) is 15.1 Å². The molecule has 0 aliphatic rings. The highest BCUT2D eigenvalue weighted by atomic mass is 19.4. The predicted molar refractivity (Wildman–Crippen MR) is 92.3 cm³/mol. The number of benzene rings is 1. The highest BCUT2D eigenvalue weighted by Gasteiger charge is 2.53. The van der Waals surface area contributed by atoms with E-state index in [0.29, 0.717) is 16.7 Å². The molecule has 140 valence electrons. The van der Waals surface area contributed by atoms with Gasteiger partial charge in [-0.25, -0.2) is 0 Å². The van der Waals surface area contributed by atoms with Crippen molar-refractivity contribution >= 4 is 12.0 Å². The summed E-state index contributed by atoms with van der Waals surface area (Å²) in [6, 6.07) is 9.96. The van der Waals surface area contributed by atoms with E-state index in [1.807, 2.05) is 5.32 Å². The number of aromatic nitrogens is 1. The maximum atomic E-state index is 12.7. The topological polar surface area (TPSA) is 86.1 Å². The molecule has 2 rings (SSSR count). The van der Waals surface area contributed by atoms with Crippen LogP contribution in [0.4, 0.5) is 13.2 Å². The Balaban J connectivity index is 0.000000350. The second-order valence-electron chi connectivity index (χ2n) is 5.48. The first-order valence-corrected chi connectivity index (χ1v) is 7.61. The van der Waals surface area contributed by atoms with Crippen LogP contribution in [0.25, 0.3) is 0 Å².